The average molecular weight is 287 g/mol. The SMILES string of the molecule is O=C(C(Cc1ccccc1)n1cnnn1)N1CC[C@@H](O)C1. The standard InChI is InChI=1S/C14H17N5O2/c20-12-6-7-18(9-12)14(21)13(19-10-15-16-17-19)8-11-4-2-1-3-5-11/h1-5,10,12-13,20H,6-9H2/t12-,13?/m1/s1. The first kappa shape index (κ1) is 13.7. The van der Waals surface area contributed by atoms with E-state index in [1.54, 1.807) is 4.90 Å². The molecule has 3 rings (SSSR count). The van der Waals surface area contributed by atoms with E-state index in [-0.39, 0.29) is 5.91 Å². The second-order valence-electron chi connectivity index (χ2n) is 5.22. The first-order chi connectivity index (χ1) is 10.2. The fourth-order valence-corrected chi connectivity index (χ4v) is 2.60. The molecule has 1 aliphatic heterocycles. The van der Waals surface area contributed by atoms with E-state index in [4.69, 9.17) is 0 Å². The summed E-state index contributed by atoms with van der Waals surface area (Å²) in [4.78, 5) is 14.4. The summed E-state index contributed by atoms with van der Waals surface area (Å²) in [5.74, 6) is -0.0531. The first-order valence-corrected chi connectivity index (χ1v) is 6.97. The van der Waals surface area contributed by atoms with Crippen molar-refractivity contribution in [3.8, 4) is 0 Å². The van der Waals surface area contributed by atoms with E-state index >= 15 is 0 Å². The molecule has 2 heterocycles. The summed E-state index contributed by atoms with van der Waals surface area (Å²) in [6.07, 6.45) is 2.18. The van der Waals surface area contributed by atoms with Gasteiger partial charge in [0.1, 0.15) is 12.4 Å². The molecule has 1 fully saturated rings. The molecule has 1 aliphatic rings. The van der Waals surface area contributed by atoms with Gasteiger partial charge in [-0.05, 0) is 22.4 Å². The third kappa shape index (κ3) is 3.08. The minimum Gasteiger partial charge on any atom is -0.391 e. The van der Waals surface area contributed by atoms with Gasteiger partial charge in [0.15, 0.2) is 0 Å². The molecule has 0 saturated carbocycles. The summed E-state index contributed by atoms with van der Waals surface area (Å²) in [6.45, 7) is 0.958. The molecule has 0 bridgehead atoms. The highest BCUT2D eigenvalue weighted by molar-refractivity contribution is 5.81. The number of aliphatic hydroxyl groups excluding tert-OH is 1. The Balaban J connectivity index is 1.81. The van der Waals surface area contributed by atoms with Gasteiger partial charge in [0, 0.05) is 19.5 Å². The molecule has 0 radical (unpaired) electrons. The Labute approximate surface area is 122 Å². The van der Waals surface area contributed by atoms with Crippen molar-refractivity contribution >= 4 is 5.91 Å². The van der Waals surface area contributed by atoms with Crippen molar-refractivity contribution < 1.29 is 9.90 Å². The van der Waals surface area contributed by atoms with Crippen molar-refractivity contribution in [3.05, 3.63) is 42.2 Å². The fraction of sp³-hybridized carbons (Fsp3) is 0.429. The molecule has 21 heavy (non-hydrogen) atoms. The lowest BCUT2D eigenvalue weighted by atomic mass is 10.1. The quantitative estimate of drug-likeness (QED) is 0.859. The fourth-order valence-electron chi connectivity index (χ4n) is 2.60. The molecule has 1 saturated heterocycles. The number of hydrogen-bond acceptors (Lipinski definition) is 5. The van der Waals surface area contributed by atoms with Crippen molar-refractivity contribution in [1.29, 1.82) is 0 Å². The van der Waals surface area contributed by atoms with Crippen LogP contribution >= 0.6 is 0 Å². The Hall–Kier alpha value is -2.28. The van der Waals surface area contributed by atoms with Crippen molar-refractivity contribution in [2.24, 2.45) is 0 Å². The molecule has 1 amide bonds. The smallest absolute Gasteiger partial charge is 0.248 e. The van der Waals surface area contributed by atoms with E-state index in [0.717, 1.165) is 5.56 Å². The molecule has 0 spiro atoms. The number of nitrogens with zero attached hydrogens (tertiary/aromatic N) is 5. The van der Waals surface area contributed by atoms with Gasteiger partial charge in [-0.1, -0.05) is 30.3 Å². The maximum Gasteiger partial charge on any atom is 0.248 e. The molecule has 7 nitrogen and oxygen atoms in total. The van der Waals surface area contributed by atoms with Crippen LogP contribution in [0.5, 0.6) is 0 Å². The zero-order chi connectivity index (χ0) is 14.7. The number of carbonyl (C=O) groups is 1. The summed E-state index contributed by atoms with van der Waals surface area (Å²) in [7, 11) is 0. The number of carbonyl (C=O) groups excluding carboxylic acids is 1. The lowest BCUT2D eigenvalue weighted by Crippen LogP contribution is -2.37. The van der Waals surface area contributed by atoms with E-state index in [0.29, 0.717) is 25.9 Å². The summed E-state index contributed by atoms with van der Waals surface area (Å²) in [5.41, 5.74) is 1.05. The molecular weight excluding hydrogens is 270 g/mol. The molecule has 7 heteroatoms. The maximum absolute atomic E-state index is 12.7. The minimum absolute atomic E-state index is 0.0531. The van der Waals surface area contributed by atoms with Crippen LogP contribution < -0.4 is 0 Å². The summed E-state index contributed by atoms with van der Waals surface area (Å²) >= 11 is 0. The van der Waals surface area contributed by atoms with Crippen LogP contribution in [-0.2, 0) is 11.2 Å². The molecule has 2 atom stereocenters. The molecule has 2 aromatic rings. The number of likely N-dealkylation sites (tertiary alicyclic amines) is 1. The minimum atomic E-state index is -0.479. The maximum atomic E-state index is 12.7. The molecule has 1 N–H and O–H groups in total. The van der Waals surface area contributed by atoms with Crippen molar-refractivity contribution in [3.63, 3.8) is 0 Å². The van der Waals surface area contributed by atoms with Gasteiger partial charge in [-0.15, -0.1) is 5.10 Å². The molecule has 1 aromatic heterocycles. The van der Waals surface area contributed by atoms with Crippen LogP contribution in [0, 0.1) is 0 Å². The highest BCUT2D eigenvalue weighted by atomic mass is 16.3. The van der Waals surface area contributed by atoms with E-state index < -0.39 is 12.1 Å². The largest absolute Gasteiger partial charge is 0.391 e. The van der Waals surface area contributed by atoms with Gasteiger partial charge in [-0.2, -0.15) is 0 Å². The Bertz CT molecular complexity index is 587. The zero-order valence-corrected chi connectivity index (χ0v) is 11.5. The number of amides is 1. The van der Waals surface area contributed by atoms with Crippen LogP contribution in [0.1, 0.15) is 18.0 Å². The van der Waals surface area contributed by atoms with E-state index in [1.807, 2.05) is 30.3 Å². The lowest BCUT2D eigenvalue weighted by molar-refractivity contribution is -0.134. The number of benzene rings is 1. The molecule has 110 valence electrons. The van der Waals surface area contributed by atoms with Gasteiger partial charge in [-0.25, -0.2) is 4.68 Å². The molecule has 1 unspecified atom stereocenters. The molecule has 0 aliphatic carbocycles. The predicted molar refractivity (Wildman–Crippen MR) is 74.2 cm³/mol. The van der Waals surface area contributed by atoms with Crippen LogP contribution in [0.25, 0.3) is 0 Å². The van der Waals surface area contributed by atoms with Gasteiger partial charge < -0.3 is 10.0 Å². The summed E-state index contributed by atoms with van der Waals surface area (Å²) in [5, 5.41) is 20.7. The Morgan fingerprint density at radius 1 is 1.38 bits per heavy atom. The third-order valence-corrected chi connectivity index (χ3v) is 3.72. The van der Waals surface area contributed by atoms with Gasteiger partial charge >= 0.3 is 0 Å². The van der Waals surface area contributed by atoms with Crippen molar-refractivity contribution in [2.45, 2.75) is 25.0 Å². The Morgan fingerprint density at radius 2 is 2.19 bits per heavy atom. The van der Waals surface area contributed by atoms with Gasteiger partial charge in [-0.3, -0.25) is 4.79 Å². The van der Waals surface area contributed by atoms with Crippen molar-refractivity contribution in [1.82, 2.24) is 25.1 Å². The van der Waals surface area contributed by atoms with Crippen LogP contribution in [0.2, 0.25) is 0 Å². The van der Waals surface area contributed by atoms with Gasteiger partial charge in [0.05, 0.1) is 6.10 Å². The summed E-state index contributed by atoms with van der Waals surface area (Å²) in [6, 6.07) is 9.29. The predicted octanol–water partition coefficient (Wildman–Crippen LogP) is 0.0501. The second-order valence-corrected chi connectivity index (χ2v) is 5.22. The van der Waals surface area contributed by atoms with Crippen LogP contribution in [0.3, 0.4) is 0 Å². The third-order valence-electron chi connectivity index (χ3n) is 3.72. The highest BCUT2D eigenvalue weighted by Crippen LogP contribution is 2.19. The topological polar surface area (TPSA) is 84.1 Å². The normalized spacial score (nSPS) is 19.7. The number of aliphatic hydroxyl groups is 1. The van der Waals surface area contributed by atoms with E-state index in [1.165, 1.54) is 11.0 Å². The lowest BCUT2D eigenvalue weighted by Gasteiger charge is -2.22. The Kier molecular flexibility index (Phi) is 3.92. The second kappa shape index (κ2) is 6.01. The number of β-amino-alcohol motifs (C(OH)–C–C–N with tert-alkyl or cyclic N) is 1. The van der Waals surface area contributed by atoms with Crippen LogP contribution in [0.4, 0.5) is 0 Å². The van der Waals surface area contributed by atoms with E-state index in [2.05, 4.69) is 15.5 Å². The van der Waals surface area contributed by atoms with Crippen LogP contribution in [0.15, 0.2) is 36.7 Å². The van der Waals surface area contributed by atoms with E-state index in [9.17, 15) is 9.90 Å². The van der Waals surface area contributed by atoms with Crippen molar-refractivity contribution in [2.75, 3.05) is 13.1 Å². The molecular formula is C14H17N5O2. The summed E-state index contributed by atoms with van der Waals surface area (Å²) < 4.78 is 1.49. The van der Waals surface area contributed by atoms with Gasteiger partial charge in [0.2, 0.25) is 5.91 Å². The monoisotopic (exact) mass is 287 g/mol. The number of tetrazole rings is 1. The number of hydrogen-bond donors (Lipinski definition) is 1. The van der Waals surface area contributed by atoms with Gasteiger partial charge in [0.25, 0.3) is 0 Å². The number of rotatable bonds is 4. The van der Waals surface area contributed by atoms with Crippen LogP contribution in [-0.4, -0.2) is 55.3 Å². The zero-order valence-electron chi connectivity index (χ0n) is 11.5. The highest BCUT2D eigenvalue weighted by Gasteiger charge is 2.31. The first-order valence-electron chi connectivity index (χ1n) is 6.97. The average Bonchev–Trinajstić information content (AvgIpc) is 3.16. The Morgan fingerprint density at radius 3 is 2.81 bits per heavy atom. The molecule has 1 aromatic carbocycles. The number of aromatic nitrogens is 4.